The van der Waals surface area contributed by atoms with E-state index < -0.39 is 4.92 Å². The standard InChI is InChI=1S/C16H21N5O2/c1-19-11-18-16(21(22)23)15(19)10-20-8-13(7-17)14(9-20)12-5-3-2-4-6-12/h2-6,11,13-14H,7-10,17H2,1H3/t13-,14+/m1/s1. The predicted molar refractivity (Wildman–Crippen MR) is 86.9 cm³/mol. The van der Waals surface area contributed by atoms with E-state index in [4.69, 9.17) is 5.73 Å². The lowest BCUT2D eigenvalue weighted by molar-refractivity contribution is -0.390. The van der Waals surface area contributed by atoms with Crippen LogP contribution in [0.4, 0.5) is 5.82 Å². The molecule has 23 heavy (non-hydrogen) atoms. The second kappa shape index (κ2) is 6.47. The zero-order chi connectivity index (χ0) is 16.4. The molecule has 0 radical (unpaired) electrons. The van der Waals surface area contributed by atoms with Crippen LogP contribution in [0.5, 0.6) is 0 Å². The lowest BCUT2D eigenvalue weighted by Crippen LogP contribution is -2.24. The molecule has 2 N–H and O–H groups in total. The number of nitrogens with zero attached hydrogens (tertiary/aromatic N) is 4. The number of aromatic nitrogens is 2. The van der Waals surface area contributed by atoms with E-state index in [1.54, 1.807) is 11.6 Å². The van der Waals surface area contributed by atoms with Gasteiger partial charge in [0.05, 0.1) is 0 Å². The van der Waals surface area contributed by atoms with Crippen molar-refractivity contribution in [2.45, 2.75) is 12.5 Å². The van der Waals surface area contributed by atoms with E-state index in [-0.39, 0.29) is 5.82 Å². The van der Waals surface area contributed by atoms with Crippen LogP contribution in [0.25, 0.3) is 0 Å². The summed E-state index contributed by atoms with van der Waals surface area (Å²) in [7, 11) is 1.79. The molecule has 1 aromatic heterocycles. The maximum Gasteiger partial charge on any atom is 0.386 e. The van der Waals surface area contributed by atoms with Gasteiger partial charge < -0.3 is 20.4 Å². The first-order chi connectivity index (χ1) is 11.1. The minimum absolute atomic E-state index is 0.0556. The van der Waals surface area contributed by atoms with Crippen molar-refractivity contribution in [3.8, 4) is 0 Å². The fourth-order valence-electron chi connectivity index (χ4n) is 3.40. The van der Waals surface area contributed by atoms with Gasteiger partial charge in [-0.1, -0.05) is 30.3 Å². The molecule has 7 nitrogen and oxygen atoms in total. The van der Waals surface area contributed by atoms with E-state index in [0.29, 0.717) is 30.6 Å². The van der Waals surface area contributed by atoms with Crippen molar-refractivity contribution in [1.82, 2.24) is 14.5 Å². The zero-order valence-electron chi connectivity index (χ0n) is 13.1. The van der Waals surface area contributed by atoms with Gasteiger partial charge in [0.15, 0.2) is 0 Å². The molecule has 3 rings (SSSR count). The number of nitrogens with two attached hydrogens (primary N) is 1. The van der Waals surface area contributed by atoms with E-state index in [2.05, 4.69) is 22.0 Å². The average Bonchev–Trinajstić information content (AvgIpc) is 3.13. The van der Waals surface area contributed by atoms with Crippen LogP contribution in [0, 0.1) is 16.0 Å². The summed E-state index contributed by atoms with van der Waals surface area (Å²) in [6, 6.07) is 10.3. The van der Waals surface area contributed by atoms with Crippen LogP contribution in [0.1, 0.15) is 17.2 Å². The fraction of sp³-hybridized carbons (Fsp3) is 0.438. The van der Waals surface area contributed by atoms with Gasteiger partial charge in [-0.25, -0.2) is 0 Å². The minimum Gasteiger partial charge on any atom is -0.358 e. The Morgan fingerprint density at radius 1 is 1.35 bits per heavy atom. The molecule has 0 amide bonds. The van der Waals surface area contributed by atoms with Crippen LogP contribution in [0.3, 0.4) is 0 Å². The number of aryl methyl sites for hydroxylation is 1. The summed E-state index contributed by atoms with van der Waals surface area (Å²) in [6.07, 6.45) is 1.50. The van der Waals surface area contributed by atoms with Crippen molar-refractivity contribution >= 4 is 5.82 Å². The minimum atomic E-state index is -0.416. The maximum absolute atomic E-state index is 11.1. The monoisotopic (exact) mass is 315 g/mol. The molecule has 0 unspecified atom stereocenters. The number of hydrogen-bond donors (Lipinski definition) is 1. The summed E-state index contributed by atoms with van der Waals surface area (Å²) in [5.74, 6) is 0.679. The third-order valence-corrected chi connectivity index (χ3v) is 4.63. The molecule has 0 saturated carbocycles. The molecule has 0 aliphatic carbocycles. The van der Waals surface area contributed by atoms with E-state index in [1.165, 1.54) is 11.9 Å². The molecule has 7 heteroatoms. The van der Waals surface area contributed by atoms with E-state index >= 15 is 0 Å². The first-order valence-corrected chi connectivity index (χ1v) is 7.72. The molecule has 2 heterocycles. The molecule has 1 fully saturated rings. The maximum atomic E-state index is 11.1. The lowest BCUT2D eigenvalue weighted by Gasteiger charge is -2.16. The molecular weight excluding hydrogens is 294 g/mol. The van der Waals surface area contributed by atoms with Gasteiger partial charge in [-0.3, -0.25) is 4.90 Å². The molecule has 2 atom stereocenters. The first kappa shape index (κ1) is 15.6. The summed E-state index contributed by atoms with van der Waals surface area (Å²) in [5, 5.41) is 11.1. The Hall–Kier alpha value is -2.25. The fourth-order valence-corrected chi connectivity index (χ4v) is 3.40. The highest BCUT2D eigenvalue weighted by atomic mass is 16.6. The number of nitro groups is 1. The van der Waals surface area contributed by atoms with Crippen molar-refractivity contribution in [2.24, 2.45) is 18.7 Å². The number of benzene rings is 1. The predicted octanol–water partition coefficient (Wildman–Crippen LogP) is 1.50. The van der Waals surface area contributed by atoms with Gasteiger partial charge in [0.2, 0.25) is 6.33 Å². The van der Waals surface area contributed by atoms with Gasteiger partial charge >= 0.3 is 5.82 Å². The topological polar surface area (TPSA) is 90.2 Å². The highest BCUT2D eigenvalue weighted by Gasteiger charge is 2.34. The van der Waals surface area contributed by atoms with Gasteiger partial charge in [0, 0.05) is 32.6 Å². The Morgan fingerprint density at radius 3 is 2.74 bits per heavy atom. The van der Waals surface area contributed by atoms with Crippen LogP contribution in [-0.2, 0) is 13.6 Å². The van der Waals surface area contributed by atoms with Gasteiger partial charge in [0.1, 0.15) is 5.69 Å². The summed E-state index contributed by atoms with van der Waals surface area (Å²) >= 11 is 0. The summed E-state index contributed by atoms with van der Waals surface area (Å²) in [4.78, 5) is 16.8. The van der Waals surface area contributed by atoms with Crippen molar-refractivity contribution < 1.29 is 4.92 Å². The molecule has 0 spiro atoms. The van der Waals surface area contributed by atoms with Crippen LogP contribution >= 0.6 is 0 Å². The van der Waals surface area contributed by atoms with E-state index in [9.17, 15) is 10.1 Å². The second-order valence-corrected chi connectivity index (χ2v) is 6.09. The third-order valence-electron chi connectivity index (χ3n) is 4.63. The number of rotatable bonds is 5. The van der Waals surface area contributed by atoms with Crippen LogP contribution in [0.2, 0.25) is 0 Å². The largest absolute Gasteiger partial charge is 0.386 e. The smallest absolute Gasteiger partial charge is 0.358 e. The van der Waals surface area contributed by atoms with Crippen LogP contribution in [-0.4, -0.2) is 39.0 Å². The van der Waals surface area contributed by atoms with Gasteiger partial charge in [-0.15, -0.1) is 0 Å². The number of likely N-dealkylation sites (tertiary alicyclic amines) is 1. The van der Waals surface area contributed by atoms with Gasteiger partial charge in [-0.2, -0.15) is 0 Å². The van der Waals surface area contributed by atoms with E-state index in [1.807, 2.05) is 18.2 Å². The van der Waals surface area contributed by atoms with Crippen molar-refractivity contribution in [2.75, 3.05) is 19.6 Å². The SMILES string of the molecule is Cn1cnc([N+](=O)[O-])c1CN1C[C@@H](CN)[C@H](c2ccccc2)C1. The Bertz CT molecular complexity index is 685. The quantitative estimate of drug-likeness (QED) is 0.667. The molecule has 122 valence electrons. The molecular formula is C16H21N5O2. The average molecular weight is 315 g/mol. The van der Waals surface area contributed by atoms with E-state index in [0.717, 1.165) is 13.1 Å². The van der Waals surface area contributed by atoms with Crippen molar-refractivity contribution in [1.29, 1.82) is 0 Å². The van der Waals surface area contributed by atoms with Crippen LogP contribution < -0.4 is 5.73 Å². The van der Waals surface area contributed by atoms with Gasteiger partial charge in [0.25, 0.3) is 0 Å². The normalized spacial score (nSPS) is 21.7. The molecule has 1 saturated heterocycles. The second-order valence-electron chi connectivity index (χ2n) is 6.09. The molecule has 2 aromatic rings. The summed E-state index contributed by atoms with van der Waals surface area (Å²) in [5.41, 5.74) is 7.87. The molecule has 1 aliphatic heterocycles. The highest BCUT2D eigenvalue weighted by molar-refractivity contribution is 5.28. The number of hydrogen-bond acceptors (Lipinski definition) is 5. The van der Waals surface area contributed by atoms with Gasteiger partial charge in [-0.05, 0) is 27.9 Å². The summed E-state index contributed by atoms with van der Waals surface area (Å²) in [6.45, 7) is 2.84. The molecule has 0 bridgehead atoms. The Kier molecular flexibility index (Phi) is 4.40. The molecule has 1 aromatic carbocycles. The summed E-state index contributed by atoms with van der Waals surface area (Å²) < 4.78 is 1.73. The Balaban J connectivity index is 1.78. The number of imidazole rings is 1. The third kappa shape index (κ3) is 3.11. The lowest BCUT2D eigenvalue weighted by atomic mass is 9.89. The Morgan fingerprint density at radius 2 is 2.09 bits per heavy atom. The zero-order valence-corrected chi connectivity index (χ0v) is 13.1. The van der Waals surface area contributed by atoms with Crippen molar-refractivity contribution in [3.05, 3.63) is 58.0 Å². The molecule has 1 aliphatic rings. The Labute approximate surface area is 134 Å². The first-order valence-electron chi connectivity index (χ1n) is 7.72. The van der Waals surface area contributed by atoms with Crippen LogP contribution in [0.15, 0.2) is 36.7 Å². The van der Waals surface area contributed by atoms with Crippen molar-refractivity contribution in [3.63, 3.8) is 0 Å². The highest BCUT2D eigenvalue weighted by Crippen LogP contribution is 2.33.